The van der Waals surface area contributed by atoms with Gasteiger partial charge in [-0.25, -0.2) is 0 Å². The maximum atomic E-state index is 11.7. The fourth-order valence-corrected chi connectivity index (χ4v) is 1.82. The molecule has 0 aliphatic carbocycles. The molecule has 1 rings (SSSR count). The molecule has 1 saturated heterocycles. The van der Waals surface area contributed by atoms with Gasteiger partial charge in [0.25, 0.3) is 0 Å². The molecule has 1 radical (unpaired) electrons. The van der Waals surface area contributed by atoms with E-state index < -0.39 is 0 Å². The molecule has 3 nitrogen and oxygen atoms in total. The van der Waals surface area contributed by atoms with Crippen LogP contribution in [-0.4, -0.2) is 41.9 Å². The predicted octanol–water partition coefficient (Wildman–Crippen LogP) is 1.50. The van der Waals surface area contributed by atoms with Gasteiger partial charge >= 0.3 is 0 Å². The minimum absolute atomic E-state index is 0.164. The van der Waals surface area contributed by atoms with Gasteiger partial charge in [0.2, 0.25) is 5.91 Å². The molecule has 0 atom stereocenters. The van der Waals surface area contributed by atoms with Crippen molar-refractivity contribution in [3.05, 3.63) is 6.54 Å². The molecule has 3 heteroatoms. The Balaban J connectivity index is 2.30. The molecule has 0 N–H and O–H groups in total. The zero-order valence-electron chi connectivity index (χ0n) is 9.33. The van der Waals surface area contributed by atoms with E-state index >= 15 is 0 Å². The van der Waals surface area contributed by atoms with Gasteiger partial charge in [0.15, 0.2) is 0 Å². The third kappa shape index (κ3) is 3.29. The summed E-state index contributed by atoms with van der Waals surface area (Å²) in [4.78, 5) is 15.7. The van der Waals surface area contributed by atoms with Crippen LogP contribution in [0.15, 0.2) is 0 Å². The van der Waals surface area contributed by atoms with E-state index in [1.165, 1.54) is 19.3 Å². The highest BCUT2D eigenvalue weighted by Crippen LogP contribution is 2.10. The standard InChI is InChI=1S/C11H21N2O/c1-3-13(4-2)11(14)10-12-8-6-5-7-9-12/h10H,3-9H2,1-2H3. The number of carbonyl (C=O) groups excluding carboxylic acids is 1. The molecular weight excluding hydrogens is 176 g/mol. The summed E-state index contributed by atoms with van der Waals surface area (Å²) >= 11 is 0. The maximum absolute atomic E-state index is 11.7. The summed E-state index contributed by atoms with van der Waals surface area (Å²) in [6.45, 7) is 9.53. The molecule has 0 aromatic heterocycles. The van der Waals surface area contributed by atoms with Crippen LogP contribution in [0.5, 0.6) is 0 Å². The van der Waals surface area contributed by atoms with E-state index in [9.17, 15) is 4.79 Å². The second-order valence-corrected chi connectivity index (χ2v) is 3.74. The molecule has 1 aliphatic rings. The van der Waals surface area contributed by atoms with Crippen molar-refractivity contribution in [1.29, 1.82) is 0 Å². The van der Waals surface area contributed by atoms with Crippen molar-refractivity contribution in [2.45, 2.75) is 33.1 Å². The van der Waals surface area contributed by atoms with Crippen molar-refractivity contribution in [2.75, 3.05) is 26.2 Å². The molecule has 0 aromatic carbocycles. The molecule has 1 heterocycles. The Labute approximate surface area is 87.1 Å². The van der Waals surface area contributed by atoms with Gasteiger partial charge < -0.3 is 4.90 Å². The number of piperidine rings is 1. The third-order valence-electron chi connectivity index (χ3n) is 2.76. The van der Waals surface area contributed by atoms with Gasteiger partial charge in [-0.2, -0.15) is 0 Å². The minimum Gasteiger partial charge on any atom is -0.342 e. The number of nitrogens with zero attached hydrogens (tertiary/aromatic N) is 2. The number of hydrogen-bond acceptors (Lipinski definition) is 2. The molecule has 0 unspecified atom stereocenters. The van der Waals surface area contributed by atoms with E-state index in [2.05, 4.69) is 4.90 Å². The highest BCUT2D eigenvalue weighted by Gasteiger charge is 2.17. The van der Waals surface area contributed by atoms with Crippen LogP contribution in [0.1, 0.15) is 33.1 Å². The van der Waals surface area contributed by atoms with Crippen LogP contribution in [0.4, 0.5) is 0 Å². The van der Waals surface area contributed by atoms with E-state index in [0.29, 0.717) is 0 Å². The summed E-state index contributed by atoms with van der Waals surface area (Å²) in [6, 6.07) is 0. The van der Waals surface area contributed by atoms with Gasteiger partial charge in [0.05, 0.1) is 0 Å². The van der Waals surface area contributed by atoms with Gasteiger partial charge in [-0.15, -0.1) is 0 Å². The average molecular weight is 197 g/mol. The summed E-state index contributed by atoms with van der Waals surface area (Å²) in [5.41, 5.74) is 0. The lowest BCUT2D eigenvalue weighted by Crippen LogP contribution is -2.38. The Morgan fingerprint density at radius 1 is 1.21 bits per heavy atom. The van der Waals surface area contributed by atoms with Crippen LogP contribution in [-0.2, 0) is 4.79 Å². The Morgan fingerprint density at radius 2 is 1.79 bits per heavy atom. The van der Waals surface area contributed by atoms with Crippen molar-refractivity contribution in [3.63, 3.8) is 0 Å². The smallest absolute Gasteiger partial charge is 0.242 e. The number of carbonyl (C=O) groups is 1. The van der Waals surface area contributed by atoms with Gasteiger partial charge in [-0.1, -0.05) is 6.42 Å². The Morgan fingerprint density at radius 3 is 2.29 bits per heavy atom. The van der Waals surface area contributed by atoms with E-state index in [1.54, 1.807) is 6.54 Å². The predicted molar refractivity (Wildman–Crippen MR) is 57.7 cm³/mol. The summed E-state index contributed by atoms with van der Waals surface area (Å²) in [7, 11) is 0. The molecule has 0 saturated carbocycles. The molecule has 1 fully saturated rings. The van der Waals surface area contributed by atoms with Crippen molar-refractivity contribution in [3.8, 4) is 0 Å². The molecule has 0 spiro atoms. The first-order valence-corrected chi connectivity index (χ1v) is 5.65. The van der Waals surface area contributed by atoms with Crippen LogP contribution < -0.4 is 0 Å². The first kappa shape index (κ1) is 11.5. The molecule has 0 bridgehead atoms. The monoisotopic (exact) mass is 197 g/mol. The highest BCUT2D eigenvalue weighted by atomic mass is 16.2. The number of likely N-dealkylation sites (N-methyl/N-ethyl adjacent to an activating group) is 1. The zero-order chi connectivity index (χ0) is 10.4. The Bertz CT molecular complexity index is 172. The summed E-state index contributed by atoms with van der Waals surface area (Å²) < 4.78 is 0. The van der Waals surface area contributed by atoms with Gasteiger partial charge in [-0.3, -0.25) is 9.69 Å². The fraction of sp³-hybridized carbons (Fsp3) is 0.818. The number of amides is 1. The van der Waals surface area contributed by atoms with E-state index in [-0.39, 0.29) is 5.91 Å². The summed E-state index contributed by atoms with van der Waals surface area (Å²) in [6.07, 6.45) is 3.76. The highest BCUT2D eigenvalue weighted by molar-refractivity contribution is 5.84. The van der Waals surface area contributed by atoms with Crippen molar-refractivity contribution >= 4 is 5.91 Å². The number of rotatable bonds is 4. The number of hydrogen-bond donors (Lipinski definition) is 0. The van der Waals surface area contributed by atoms with E-state index in [0.717, 1.165) is 26.2 Å². The van der Waals surface area contributed by atoms with Crippen LogP contribution in [0, 0.1) is 6.54 Å². The van der Waals surface area contributed by atoms with E-state index in [1.807, 2.05) is 18.7 Å². The Hall–Kier alpha value is -0.570. The molecule has 81 valence electrons. The van der Waals surface area contributed by atoms with Crippen molar-refractivity contribution in [2.24, 2.45) is 0 Å². The molecule has 0 aromatic rings. The largest absolute Gasteiger partial charge is 0.342 e. The van der Waals surface area contributed by atoms with E-state index in [4.69, 9.17) is 0 Å². The Kier molecular flexibility index (Phi) is 4.94. The lowest BCUT2D eigenvalue weighted by Gasteiger charge is -2.28. The van der Waals surface area contributed by atoms with Crippen LogP contribution in [0.3, 0.4) is 0 Å². The lowest BCUT2D eigenvalue weighted by molar-refractivity contribution is -0.129. The van der Waals surface area contributed by atoms with Gasteiger partial charge in [0, 0.05) is 13.1 Å². The minimum atomic E-state index is 0.164. The van der Waals surface area contributed by atoms with Gasteiger partial charge in [-0.05, 0) is 39.8 Å². The van der Waals surface area contributed by atoms with Crippen LogP contribution >= 0.6 is 0 Å². The normalized spacial score (nSPS) is 18.1. The van der Waals surface area contributed by atoms with Crippen LogP contribution in [0.2, 0.25) is 0 Å². The third-order valence-corrected chi connectivity index (χ3v) is 2.76. The van der Waals surface area contributed by atoms with Gasteiger partial charge in [0.1, 0.15) is 6.54 Å². The van der Waals surface area contributed by atoms with Crippen molar-refractivity contribution < 1.29 is 4.79 Å². The second kappa shape index (κ2) is 6.02. The molecular formula is C11H21N2O. The second-order valence-electron chi connectivity index (χ2n) is 3.74. The molecule has 1 amide bonds. The maximum Gasteiger partial charge on any atom is 0.242 e. The molecule has 14 heavy (non-hydrogen) atoms. The zero-order valence-corrected chi connectivity index (χ0v) is 9.33. The summed E-state index contributed by atoms with van der Waals surface area (Å²) in [5, 5.41) is 0. The summed E-state index contributed by atoms with van der Waals surface area (Å²) in [5.74, 6) is 0.164. The fourth-order valence-electron chi connectivity index (χ4n) is 1.82. The lowest BCUT2D eigenvalue weighted by atomic mass is 10.1. The molecule has 1 aliphatic heterocycles. The quantitative estimate of drug-likeness (QED) is 0.682. The SMILES string of the molecule is CCN(CC)C(=O)[CH]N1CCCCC1. The average Bonchev–Trinajstić information content (AvgIpc) is 2.21. The topological polar surface area (TPSA) is 23.6 Å². The van der Waals surface area contributed by atoms with Crippen LogP contribution in [0.25, 0.3) is 0 Å². The number of likely N-dealkylation sites (tertiary alicyclic amines) is 1. The first-order valence-electron chi connectivity index (χ1n) is 5.65. The van der Waals surface area contributed by atoms with Crippen molar-refractivity contribution in [1.82, 2.24) is 9.80 Å². The first-order chi connectivity index (χ1) is 6.77.